The fourth-order valence-electron chi connectivity index (χ4n) is 1.43. The summed E-state index contributed by atoms with van der Waals surface area (Å²) in [6.07, 6.45) is 0. The summed E-state index contributed by atoms with van der Waals surface area (Å²) in [5, 5.41) is 0. The SMILES string of the molecule is CN(C(=O)C(N)=O)c1ccc2oc(=O)[nH]c2c1. The van der Waals surface area contributed by atoms with Gasteiger partial charge in [-0.3, -0.25) is 14.6 Å². The van der Waals surface area contributed by atoms with Crippen molar-refractivity contribution in [3.8, 4) is 0 Å². The van der Waals surface area contributed by atoms with Crippen molar-refractivity contribution in [2.75, 3.05) is 11.9 Å². The zero-order valence-corrected chi connectivity index (χ0v) is 8.89. The monoisotopic (exact) mass is 235 g/mol. The number of H-pyrrole nitrogens is 1. The molecule has 0 bridgehead atoms. The summed E-state index contributed by atoms with van der Waals surface area (Å²) in [4.78, 5) is 36.5. The van der Waals surface area contributed by atoms with Gasteiger partial charge in [0, 0.05) is 12.7 Å². The number of hydrogen-bond acceptors (Lipinski definition) is 4. The average Bonchev–Trinajstić information content (AvgIpc) is 2.65. The summed E-state index contributed by atoms with van der Waals surface area (Å²) in [7, 11) is 1.41. The molecule has 88 valence electrons. The van der Waals surface area contributed by atoms with E-state index in [9.17, 15) is 14.4 Å². The van der Waals surface area contributed by atoms with Crippen LogP contribution in [0.15, 0.2) is 27.4 Å². The lowest BCUT2D eigenvalue weighted by molar-refractivity contribution is -0.135. The van der Waals surface area contributed by atoms with Crippen molar-refractivity contribution in [2.45, 2.75) is 0 Å². The van der Waals surface area contributed by atoms with E-state index in [1.54, 1.807) is 6.07 Å². The molecule has 0 fully saturated rings. The Balaban J connectivity index is 2.45. The fourth-order valence-corrected chi connectivity index (χ4v) is 1.43. The van der Waals surface area contributed by atoms with Crippen molar-refractivity contribution in [2.24, 2.45) is 5.73 Å². The lowest BCUT2D eigenvalue weighted by Crippen LogP contribution is -2.37. The molecular formula is C10H9N3O4. The minimum absolute atomic E-state index is 0.374. The van der Waals surface area contributed by atoms with Crippen LogP contribution in [0, 0.1) is 0 Å². The Labute approximate surface area is 94.8 Å². The number of nitrogens with zero attached hydrogens (tertiary/aromatic N) is 1. The molecule has 0 aliphatic carbocycles. The molecule has 0 atom stereocenters. The largest absolute Gasteiger partial charge is 0.417 e. The van der Waals surface area contributed by atoms with E-state index in [2.05, 4.69) is 4.98 Å². The van der Waals surface area contributed by atoms with Crippen LogP contribution >= 0.6 is 0 Å². The molecule has 1 aromatic heterocycles. The average molecular weight is 235 g/mol. The van der Waals surface area contributed by atoms with Crippen molar-refractivity contribution < 1.29 is 14.0 Å². The molecule has 0 aliphatic rings. The number of anilines is 1. The first kappa shape index (κ1) is 10.9. The first-order valence-electron chi connectivity index (χ1n) is 4.69. The second-order valence-corrected chi connectivity index (χ2v) is 3.42. The van der Waals surface area contributed by atoms with Crippen LogP contribution in [-0.2, 0) is 9.59 Å². The summed E-state index contributed by atoms with van der Waals surface area (Å²) >= 11 is 0. The molecule has 0 aliphatic heterocycles. The molecule has 2 aromatic rings. The highest BCUT2D eigenvalue weighted by Crippen LogP contribution is 2.19. The molecule has 0 spiro atoms. The maximum absolute atomic E-state index is 11.3. The molecular weight excluding hydrogens is 226 g/mol. The molecule has 0 radical (unpaired) electrons. The number of aromatic amines is 1. The number of carbonyl (C=O) groups excluding carboxylic acids is 2. The minimum atomic E-state index is -1.05. The predicted molar refractivity (Wildman–Crippen MR) is 59.4 cm³/mol. The van der Waals surface area contributed by atoms with E-state index in [-0.39, 0.29) is 0 Å². The van der Waals surface area contributed by atoms with E-state index >= 15 is 0 Å². The molecule has 0 saturated heterocycles. The third-order valence-electron chi connectivity index (χ3n) is 2.31. The van der Waals surface area contributed by atoms with Crippen molar-refractivity contribution in [1.29, 1.82) is 0 Å². The molecule has 0 unspecified atom stereocenters. The maximum atomic E-state index is 11.3. The van der Waals surface area contributed by atoms with Crippen LogP contribution in [0.25, 0.3) is 11.1 Å². The van der Waals surface area contributed by atoms with E-state index in [1.807, 2.05) is 0 Å². The number of oxazole rings is 1. The molecule has 2 amide bonds. The van der Waals surface area contributed by atoms with Crippen LogP contribution in [0.1, 0.15) is 0 Å². The van der Waals surface area contributed by atoms with Gasteiger partial charge >= 0.3 is 17.6 Å². The minimum Gasteiger partial charge on any atom is -0.408 e. The highest BCUT2D eigenvalue weighted by Gasteiger charge is 2.17. The number of rotatable bonds is 1. The van der Waals surface area contributed by atoms with Crippen LogP contribution in [-0.4, -0.2) is 23.8 Å². The molecule has 0 saturated carbocycles. The first-order chi connectivity index (χ1) is 7.99. The predicted octanol–water partition coefficient (Wildman–Crippen LogP) is -0.431. The molecule has 7 nitrogen and oxygen atoms in total. The number of amides is 2. The van der Waals surface area contributed by atoms with Crippen LogP contribution in [0.5, 0.6) is 0 Å². The molecule has 17 heavy (non-hydrogen) atoms. The van der Waals surface area contributed by atoms with Crippen molar-refractivity contribution in [1.82, 2.24) is 4.98 Å². The van der Waals surface area contributed by atoms with E-state index in [0.29, 0.717) is 16.8 Å². The molecule has 7 heteroatoms. The Bertz CT molecular complexity index is 655. The third-order valence-corrected chi connectivity index (χ3v) is 2.31. The number of carbonyl (C=O) groups is 2. The number of primary amides is 1. The van der Waals surface area contributed by atoms with E-state index in [4.69, 9.17) is 10.2 Å². The second kappa shape index (κ2) is 3.78. The quantitative estimate of drug-likeness (QED) is 0.653. The van der Waals surface area contributed by atoms with Crippen molar-refractivity contribution >= 4 is 28.6 Å². The van der Waals surface area contributed by atoms with Gasteiger partial charge in [0.1, 0.15) is 0 Å². The van der Waals surface area contributed by atoms with Gasteiger partial charge in [-0.15, -0.1) is 0 Å². The van der Waals surface area contributed by atoms with Gasteiger partial charge < -0.3 is 15.1 Å². The number of aromatic nitrogens is 1. The summed E-state index contributed by atoms with van der Waals surface area (Å²) in [6, 6.07) is 4.58. The Hall–Kier alpha value is -2.57. The van der Waals surface area contributed by atoms with E-state index in [0.717, 1.165) is 4.90 Å². The highest BCUT2D eigenvalue weighted by atomic mass is 16.4. The van der Waals surface area contributed by atoms with Gasteiger partial charge in [-0.05, 0) is 18.2 Å². The lowest BCUT2D eigenvalue weighted by atomic mass is 10.2. The van der Waals surface area contributed by atoms with E-state index < -0.39 is 17.6 Å². The first-order valence-corrected chi connectivity index (χ1v) is 4.69. The highest BCUT2D eigenvalue weighted by molar-refractivity contribution is 6.39. The molecule has 1 aromatic carbocycles. The molecule has 3 N–H and O–H groups in total. The zero-order valence-electron chi connectivity index (χ0n) is 8.89. The van der Waals surface area contributed by atoms with Crippen LogP contribution in [0.4, 0.5) is 5.69 Å². The Kier molecular flexibility index (Phi) is 2.43. The fraction of sp³-hybridized carbons (Fsp3) is 0.100. The molecule has 2 rings (SSSR count). The van der Waals surface area contributed by atoms with Crippen LogP contribution < -0.4 is 16.4 Å². The van der Waals surface area contributed by atoms with Gasteiger partial charge in [0.15, 0.2) is 5.58 Å². The van der Waals surface area contributed by atoms with Crippen LogP contribution in [0.3, 0.4) is 0 Å². The van der Waals surface area contributed by atoms with Crippen LogP contribution in [0.2, 0.25) is 0 Å². The topological polar surface area (TPSA) is 109 Å². The zero-order chi connectivity index (χ0) is 12.6. The van der Waals surface area contributed by atoms with E-state index in [1.165, 1.54) is 19.2 Å². The van der Waals surface area contributed by atoms with Gasteiger partial charge in [0.25, 0.3) is 0 Å². The number of likely N-dealkylation sites (N-methyl/N-ethyl adjacent to an activating group) is 1. The lowest BCUT2D eigenvalue weighted by Gasteiger charge is -2.14. The van der Waals surface area contributed by atoms with Gasteiger partial charge in [0.05, 0.1) is 5.52 Å². The second-order valence-electron chi connectivity index (χ2n) is 3.42. The smallest absolute Gasteiger partial charge is 0.408 e. The molecule has 1 heterocycles. The van der Waals surface area contributed by atoms with Gasteiger partial charge in [-0.1, -0.05) is 0 Å². The standard InChI is InChI=1S/C10H9N3O4/c1-13(9(15)8(11)14)5-2-3-7-6(4-5)12-10(16)17-7/h2-4H,1H3,(H2,11,14)(H,12,16). The van der Waals surface area contributed by atoms with Gasteiger partial charge in [-0.25, -0.2) is 4.79 Å². The number of nitrogens with one attached hydrogen (secondary N) is 1. The number of nitrogens with two attached hydrogens (primary N) is 1. The summed E-state index contributed by atoms with van der Waals surface area (Å²) in [5.41, 5.74) is 6.13. The van der Waals surface area contributed by atoms with Gasteiger partial charge in [-0.2, -0.15) is 0 Å². The Morgan fingerprint density at radius 3 is 2.76 bits per heavy atom. The Morgan fingerprint density at radius 2 is 2.12 bits per heavy atom. The summed E-state index contributed by atoms with van der Waals surface area (Å²) in [6.45, 7) is 0. The van der Waals surface area contributed by atoms with Gasteiger partial charge in [0.2, 0.25) is 0 Å². The number of benzene rings is 1. The Morgan fingerprint density at radius 1 is 1.41 bits per heavy atom. The maximum Gasteiger partial charge on any atom is 0.417 e. The number of hydrogen-bond donors (Lipinski definition) is 2. The third kappa shape index (κ3) is 1.89. The van der Waals surface area contributed by atoms with Crippen molar-refractivity contribution in [3.05, 3.63) is 28.7 Å². The normalized spacial score (nSPS) is 10.4. The summed E-state index contributed by atoms with van der Waals surface area (Å²) in [5.74, 6) is -2.47. The van der Waals surface area contributed by atoms with Crippen molar-refractivity contribution in [3.63, 3.8) is 0 Å². The summed E-state index contributed by atoms with van der Waals surface area (Å²) < 4.78 is 4.80. The number of fused-ring (bicyclic) bond motifs is 1.